The molecule has 264 valence electrons. The number of carboxylic acids is 1. The van der Waals surface area contributed by atoms with Crippen LogP contribution in [-0.4, -0.2) is 121 Å². The summed E-state index contributed by atoms with van der Waals surface area (Å²) in [6.45, 7) is 1.75. The van der Waals surface area contributed by atoms with E-state index in [0.717, 1.165) is 33.7 Å². The van der Waals surface area contributed by atoms with Crippen LogP contribution in [0.3, 0.4) is 0 Å². The Labute approximate surface area is 292 Å². The number of urea groups is 1. The van der Waals surface area contributed by atoms with Crippen LogP contribution < -0.4 is 26.1 Å². The van der Waals surface area contributed by atoms with Gasteiger partial charge in [-0.3, -0.25) is 33.8 Å². The van der Waals surface area contributed by atoms with E-state index in [1.807, 2.05) is 12.1 Å². The monoisotopic (exact) mass is 729 g/mol. The Morgan fingerprint density at radius 1 is 1.10 bits per heavy atom. The van der Waals surface area contributed by atoms with Crippen LogP contribution in [-0.2, 0) is 28.8 Å². The number of amides is 7. The third-order valence-electron chi connectivity index (χ3n) is 8.23. The highest BCUT2D eigenvalue weighted by Gasteiger charge is 2.66. The molecule has 1 aromatic heterocycles. The fourth-order valence-corrected chi connectivity index (χ4v) is 8.04. The molecule has 18 nitrogen and oxygen atoms in total. The fourth-order valence-electron chi connectivity index (χ4n) is 5.59. The minimum absolute atomic E-state index is 0.0442. The lowest BCUT2D eigenvalue weighted by Crippen LogP contribution is -2.85. The van der Waals surface area contributed by atoms with E-state index in [-0.39, 0.29) is 48.8 Å². The van der Waals surface area contributed by atoms with E-state index < -0.39 is 64.2 Å². The van der Waals surface area contributed by atoms with Crippen molar-refractivity contribution in [2.24, 2.45) is 0 Å². The standard InChI is InChI=1S/C30H32N8O10S2/c1-3-35-10-11-37(25(44)24(35)43)29(48)33-21(16-4-5-19(40)20(41)12-16)23(42)34-30(32-15-39)27(47)38-22(26(45)46)17(14-50-28(30)38)13-49-18-6-8-36(31-2)9-7-18/h4-9,12,15,21,28,31H,3,10-11,13-14H2,1-2H3,(H5-,32,33,34,39,40,41,42,43,44,45,46,48)/p+1/t21-,28-,30-/m1/s1. The van der Waals surface area contributed by atoms with Gasteiger partial charge in [-0.1, -0.05) is 10.7 Å². The second-order valence-corrected chi connectivity index (χ2v) is 13.2. The Balaban J connectivity index is 1.41. The number of β-lactam (4-membered cyclic amide) rings is 1. The molecule has 3 atom stereocenters. The molecule has 1 aromatic carbocycles. The van der Waals surface area contributed by atoms with Gasteiger partial charge in [0.1, 0.15) is 17.1 Å². The van der Waals surface area contributed by atoms with Crippen LogP contribution >= 0.6 is 23.5 Å². The third kappa shape index (κ3) is 6.58. The van der Waals surface area contributed by atoms with E-state index in [4.69, 9.17) is 0 Å². The van der Waals surface area contributed by atoms with E-state index in [1.54, 1.807) is 31.0 Å². The molecule has 7 amide bonds. The van der Waals surface area contributed by atoms with Gasteiger partial charge < -0.3 is 36.2 Å². The Hall–Kier alpha value is -5.50. The number of carbonyl (C=O) groups is 7. The zero-order chi connectivity index (χ0) is 36.3. The molecular weight excluding hydrogens is 697 g/mol. The number of piperazine rings is 1. The Bertz CT molecular complexity index is 1790. The summed E-state index contributed by atoms with van der Waals surface area (Å²) in [4.78, 5) is 94.2. The number of aromatic nitrogens is 1. The second-order valence-electron chi connectivity index (χ2n) is 11.1. The van der Waals surface area contributed by atoms with Crippen LogP contribution in [0.5, 0.6) is 11.5 Å². The lowest BCUT2D eigenvalue weighted by molar-refractivity contribution is -0.647. The zero-order valence-electron chi connectivity index (χ0n) is 26.6. The van der Waals surface area contributed by atoms with Crippen molar-refractivity contribution in [2.45, 2.75) is 28.9 Å². The molecule has 0 aliphatic carbocycles. The minimum Gasteiger partial charge on any atom is -0.504 e. The van der Waals surface area contributed by atoms with Crippen molar-refractivity contribution >= 4 is 65.6 Å². The minimum atomic E-state index is -2.16. The highest BCUT2D eigenvalue weighted by Crippen LogP contribution is 2.46. The summed E-state index contributed by atoms with van der Waals surface area (Å²) >= 11 is 2.45. The average Bonchev–Trinajstić information content (AvgIpc) is 3.11. The highest BCUT2D eigenvalue weighted by atomic mass is 32.2. The summed E-state index contributed by atoms with van der Waals surface area (Å²) in [6, 6.07) is 3.94. The molecule has 50 heavy (non-hydrogen) atoms. The molecule has 4 heterocycles. The maximum Gasteiger partial charge on any atom is 0.352 e. The molecule has 3 aliphatic rings. The number of hydrogen-bond donors (Lipinski definition) is 7. The normalized spacial score (nSPS) is 20.8. The average molecular weight is 730 g/mol. The largest absolute Gasteiger partial charge is 0.504 e. The van der Waals surface area contributed by atoms with Crippen LogP contribution in [0.15, 0.2) is 58.9 Å². The first-order valence-corrected chi connectivity index (χ1v) is 17.1. The van der Waals surface area contributed by atoms with Gasteiger partial charge in [0.05, 0.1) is 7.05 Å². The number of rotatable bonds is 12. The van der Waals surface area contributed by atoms with Crippen molar-refractivity contribution in [2.75, 3.05) is 43.6 Å². The topological polar surface area (TPSA) is 242 Å². The van der Waals surface area contributed by atoms with Gasteiger partial charge in [0, 0.05) is 48.2 Å². The van der Waals surface area contributed by atoms with Crippen LogP contribution in [0, 0.1) is 0 Å². The van der Waals surface area contributed by atoms with Gasteiger partial charge in [-0.25, -0.2) is 9.59 Å². The number of imide groups is 1. The molecule has 3 aliphatic heterocycles. The molecule has 0 saturated carbocycles. The first-order valence-electron chi connectivity index (χ1n) is 15.1. The first kappa shape index (κ1) is 35.8. The van der Waals surface area contributed by atoms with Crippen LogP contribution in [0.2, 0.25) is 0 Å². The van der Waals surface area contributed by atoms with E-state index in [2.05, 4.69) is 21.4 Å². The molecule has 2 fully saturated rings. The van der Waals surface area contributed by atoms with Gasteiger partial charge >= 0.3 is 23.8 Å². The highest BCUT2D eigenvalue weighted by molar-refractivity contribution is 8.01. The zero-order valence-corrected chi connectivity index (χ0v) is 28.2. The van der Waals surface area contributed by atoms with E-state index in [1.165, 1.54) is 22.7 Å². The van der Waals surface area contributed by atoms with Gasteiger partial charge in [-0.05, 0) is 30.2 Å². The number of benzene rings is 1. The number of nitrogens with one attached hydrogen (secondary N) is 4. The maximum atomic E-state index is 14.0. The maximum absolute atomic E-state index is 14.0. The number of fused-ring (bicyclic) bond motifs is 1. The molecule has 7 N–H and O–H groups in total. The Morgan fingerprint density at radius 2 is 1.82 bits per heavy atom. The molecular formula is C30H33N8O10S2+. The Morgan fingerprint density at radius 3 is 2.44 bits per heavy atom. The summed E-state index contributed by atoms with van der Waals surface area (Å²) in [5.74, 6) is -6.40. The van der Waals surface area contributed by atoms with E-state index >= 15 is 0 Å². The van der Waals surface area contributed by atoms with Crippen LogP contribution in [0.4, 0.5) is 4.79 Å². The number of phenols is 2. The SMILES string of the molecule is CCN1CCN(C(=O)N[C@@H](C(=O)N[C@]2(NC=O)C(=O)N3C(C(=O)O)=C(CSc4cc[n+](NC)cc4)CS[C@@H]32)c2ccc(O)c(O)c2)C(=O)C1=O. The lowest BCUT2D eigenvalue weighted by atomic mass is 9.94. The first-order chi connectivity index (χ1) is 23.9. The number of aliphatic carboxylic acids is 1. The number of likely N-dealkylation sites (N-methyl/N-ethyl adjacent to an activating group) is 1. The van der Waals surface area contributed by atoms with Gasteiger partial charge in [-0.15, -0.1) is 23.5 Å². The second kappa shape index (κ2) is 14.5. The summed E-state index contributed by atoms with van der Waals surface area (Å²) in [5.41, 5.74) is 0.792. The molecule has 2 saturated heterocycles. The fraction of sp³-hybridized carbons (Fsp3) is 0.333. The smallest absolute Gasteiger partial charge is 0.352 e. The summed E-state index contributed by atoms with van der Waals surface area (Å²) in [6.07, 6.45) is 3.72. The number of carboxylic acid groups (broad SMARTS) is 1. The van der Waals surface area contributed by atoms with Crippen molar-refractivity contribution in [3.05, 3.63) is 59.6 Å². The van der Waals surface area contributed by atoms with Crippen molar-refractivity contribution in [3.8, 4) is 11.5 Å². The van der Waals surface area contributed by atoms with E-state index in [9.17, 15) is 48.9 Å². The predicted molar refractivity (Wildman–Crippen MR) is 175 cm³/mol. The molecule has 20 heteroatoms. The molecule has 2 aromatic rings. The number of aromatic hydroxyl groups is 2. The number of carbonyl (C=O) groups excluding carboxylic acids is 6. The Kier molecular flexibility index (Phi) is 10.4. The van der Waals surface area contributed by atoms with Crippen molar-refractivity contribution < 1.29 is 53.6 Å². The number of thioether (sulfide) groups is 2. The van der Waals surface area contributed by atoms with Crippen molar-refractivity contribution in [3.63, 3.8) is 0 Å². The summed E-state index contributed by atoms with van der Waals surface area (Å²) in [7, 11) is 1.74. The number of phenolic OH excluding ortho intramolecular Hbond substituents is 2. The summed E-state index contributed by atoms with van der Waals surface area (Å²) < 4.78 is 1.72. The van der Waals surface area contributed by atoms with Gasteiger partial charge in [0.2, 0.25) is 30.4 Å². The summed E-state index contributed by atoms with van der Waals surface area (Å²) in [5, 5.41) is 36.2. The number of hydrogen-bond acceptors (Lipinski definition) is 12. The van der Waals surface area contributed by atoms with Gasteiger partial charge in [-0.2, -0.15) is 5.43 Å². The number of pyridine rings is 1. The lowest BCUT2D eigenvalue weighted by Gasteiger charge is -2.56. The molecule has 5 rings (SSSR count). The van der Waals surface area contributed by atoms with Gasteiger partial charge in [0.15, 0.2) is 11.5 Å². The molecule has 0 spiro atoms. The quantitative estimate of drug-likeness (QED) is 0.0253. The van der Waals surface area contributed by atoms with Crippen molar-refractivity contribution in [1.29, 1.82) is 0 Å². The van der Waals surface area contributed by atoms with Crippen molar-refractivity contribution in [1.82, 2.24) is 30.7 Å². The molecule has 0 bridgehead atoms. The predicted octanol–water partition coefficient (Wildman–Crippen LogP) is -1.40. The molecule has 0 unspecified atom stereocenters. The van der Waals surface area contributed by atoms with Crippen LogP contribution in [0.25, 0.3) is 0 Å². The van der Waals surface area contributed by atoms with E-state index in [0.29, 0.717) is 10.5 Å². The number of nitrogens with zero attached hydrogens (tertiary/aromatic N) is 4. The third-order valence-corrected chi connectivity index (χ3v) is 10.7. The van der Waals surface area contributed by atoms with Gasteiger partial charge in [0.25, 0.3) is 5.91 Å². The van der Waals surface area contributed by atoms with Crippen LogP contribution in [0.1, 0.15) is 18.5 Å². The molecule has 0 radical (unpaired) electrons.